The molecule has 1 heterocycles. The Morgan fingerprint density at radius 3 is 2.44 bits per heavy atom. The summed E-state index contributed by atoms with van der Waals surface area (Å²) in [5.74, 6) is 1.15. The first kappa shape index (κ1) is 31.9. The average Bonchev–Trinajstić information content (AvgIpc) is 3.47. The third kappa shape index (κ3) is 8.43. The number of ether oxygens (including phenoxy) is 3. The summed E-state index contributed by atoms with van der Waals surface area (Å²) in [4.78, 5) is 25.4. The van der Waals surface area contributed by atoms with Crippen LogP contribution in [0.3, 0.4) is 0 Å². The molecule has 0 aliphatic carbocycles. The van der Waals surface area contributed by atoms with Crippen molar-refractivity contribution in [3.05, 3.63) is 81.3 Å². The van der Waals surface area contributed by atoms with Gasteiger partial charge in [0.25, 0.3) is 5.69 Å². The number of carbonyl (C=O) groups is 1. The predicted molar refractivity (Wildman–Crippen MR) is 151 cm³/mol. The Morgan fingerprint density at radius 1 is 1.05 bits per heavy atom. The van der Waals surface area contributed by atoms with E-state index < -0.39 is 33.1 Å². The minimum absolute atomic E-state index is 0.0530. The Kier molecular flexibility index (Phi) is 11.5. The van der Waals surface area contributed by atoms with Crippen LogP contribution < -0.4 is 9.47 Å². The van der Waals surface area contributed by atoms with Crippen molar-refractivity contribution in [2.75, 3.05) is 47.6 Å². The van der Waals surface area contributed by atoms with E-state index in [9.17, 15) is 23.3 Å². The molecule has 222 valence electrons. The van der Waals surface area contributed by atoms with Gasteiger partial charge in [-0.3, -0.25) is 14.9 Å². The van der Waals surface area contributed by atoms with Gasteiger partial charge >= 0.3 is 0 Å². The maximum Gasteiger partial charge on any atom is 0.289 e. The van der Waals surface area contributed by atoms with Crippen LogP contribution in [-0.4, -0.2) is 76.0 Å². The lowest BCUT2D eigenvalue weighted by Gasteiger charge is -2.27. The van der Waals surface area contributed by atoms with Gasteiger partial charge in [-0.05, 0) is 54.8 Å². The molecule has 0 aliphatic heterocycles. The van der Waals surface area contributed by atoms with Crippen molar-refractivity contribution in [1.29, 1.82) is 0 Å². The fourth-order valence-corrected chi connectivity index (χ4v) is 5.68. The van der Waals surface area contributed by atoms with E-state index in [2.05, 4.69) is 0 Å². The van der Waals surface area contributed by atoms with Crippen LogP contribution in [0.5, 0.6) is 11.5 Å². The van der Waals surface area contributed by atoms with Crippen LogP contribution in [0.15, 0.2) is 64.1 Å². The van der Waals surface area contributed by atoms with Gasteiger partial charge in [0.15, 0.2) is 11.5 Å². The molecule has 0 spiro atoms. The largest absolute Gasteiger partial charge is 0.493 e. The number of methoxy groups -OCH3 is 3. The Hall–Kier alpha value is -3.65. The van der Waals surface area contributed by atoms with E-state index in [1.807, 2.05) is 12.1 Å². The molecule has 0 saturated carbocycles. The fraction of sp³-hybridized carbons (Fsp3) is 0.370. The highest BCUT2D eigenvalue weighted by atomic mass is 35.5. The smallest absolute Gasteiger partial charge is 0.289 e. The second-order valence-corrected chi connectivity index (χ2v) is 11.2. The summed E-state index contributed by atoms with van der Waals surface area (Å²) in [7, 11) is 0.230. The molecule has 14 heteroatoms. The highest BCUT2D eigenvalue weighted by molar-refractivity contribution is 7.89. The number of amides is 1. The molecule has 0 atom stereocenters. The van der Waals surface area contributed by atoms with E-state index in [1.54, 1.807) is 18.2 Å². The second kappa shape index (κ2) is 14.8. The summed E-state index contributed by atoms with van der Waals surface area (Å²) in [6.07, 6.45) is 2.22. The van der Waals surface area contributed by atoms with Gasteiger partial charge in [0, 0.05) is 32.9 Å². The molecule has 3 rings (SSSR count). The number of benzene rings is 2. The molecule has 0 radical (unpaired) electrons. The van der Waals surface area contributed by atoms with Crippen molar-refractivity contribution >= 4 is 33.2 Å². The first-order valence-corrected chi connectivity index (χ1v) is 14.4. The quantitative estimate of drug-likeness (QED) is 0.133. The number of nitrogens with zero attached hydrogens (tertiary/aromatic N) is 3. The van der Waals surface area contributed by atoms with Gasteiger partial charge in [-0.2, -0.15) is 4.31 Å². The van der Waals surface area contributed by atoms with E-state index in [0.717, 1.165) is 22.0 Å². The number of hydrogen-bond acceptors (Lipinski definition) is 9. The van der Waals surface area contributed by atoms with Gasteiger partial charge in [0.05, 0.1) is 43.4 Å². The molecule has 2 aromatic carbocycles. The molecular formula is C27H32ClN3O9S. The standard InChI is InChI=1S/C27H32ClN3O9S/c1-37-14-5-12-30(41(35,36)22-8-9-23(28)24(17-22)31(33)34)19-27(32)29(18-21-6-4-15-40-21)13-11-20-7-10-25(38-2)26(16-20)39-3/h4,6-10,15-17H,5,11-14,18-19H2,1-3H3. The minimum atomic E-state index is -4.32. The van der Waals surface area contributed by atoms with Gasteiger partial charge in [-0.25, -0.2) is 8.42 Å². The average molecular weight is 610 g/mol. The zero-order chi connectivity index (χ0) is 30.0. The summed E-state index contributed by atoms with van der Waals surface area (Å²) in [6, 6.07) is 12.1. The van der Waals surface area contributed by atoms with E-state index in [4.69, 9.17) is 30.2 Å². The van der Waals surface area contributed by atoms with Gasteiger partial charge in [0.1, 0.15) is 10.8 Å². The van der Waals surface area contributed by atoms with E-state index >= 15 is 0 Å². The number of sulfonamides is 1. The first-order valence-electron chi connectivity index (χ1n) is 12.5. The SMILES string of the molecule is COCCCN(CC(=O)N(CCc1ccc(OC)c(OC)c1)Cc1ccco1)S(=O)(=O)c1ccc(Cl)c([N+](=O)[O-])c1. The maximum atomic E-state index is 13.6. The van der Waals surface area contributed by atoms with Crippen molar-refractivity contribution in [1.82, 2.24) is 9.21 Å². The number of hydrogen-bond donors (Lipinski definition) is 0. The van der Waals surface area contributed by atoms with Crippen molar-refractivity contribution in [3.8, 4) is 11.5 Å². The fourth-order valence-electron chi connectivity index (χ4n) is 4.05. The lowest BCUT2D eigenvalue weighted by Crippen LogP contribution is -2.43. The van der Waals surface area contributed by atoms with Crippen LogP contribution in [0, 0.1) is 10.1 Å². The van der Waals surface area contributed by atoms with Crippen LogP contribution in [-0.2, 0) is 32.5 Å². The van der Waals surface area contributed by atoms with Crippen LogP contribution in [0.25, 0.3) is 0 Å². The van der Waals surface area contributed by atoms with Crippen LogP contribution in [0.1, 0.15) is 17.7 Å². The molecule has 12 nitrogen and oxygen atoms in total. The maximum absolute atomic E-state index is 13.6. The predicted octanol–water partition coefficient (Wildman–Crippen LogP) is 4.16. The number of carbonyl (C=O) groups excluding carboxylic acids is 1. The van der Waals surface area contributed by atoms with E-state index in [0.29, 0.717) is 30.1 Å². The van der Waals surface area contributed by atoms with Gasteiger partial charge in [-0.15, -0.1) is 0 Å². The van der Waals surface area contributed by atoms with E-state index in [-0.39, 0.29) is 36.2 Å². The normalized spacial score (nSPS) is 11.4. The summed E-state index contributed by atoms with van der Waals surface area (Å²) < 4.78 is 49.4. The van der Waals surface area contributed by atoms with Crippen molar-refractivity contribution in [3.63, 3.8) is 0 Å². The van der Waals surface area contributed by atoms with E-state index in [1.165, 1.54) is 38.6 Å². The Labute approximate surface area is 243 Å². The molecule has 0 aliphatic rings. The molecule has 41 heavy (non-hydrogen) atoms. The monoisotopic (exact) mass is 609 g/mol. The van der Waals surface area contributed by atoms with Crippen molar-refractivity contribution in [2.24, 2.45) is 0 Å². The molecule has 0 N–H and O–H groups in total. The summed E-state index contributed by atoms with van der Waals surface area (Å²) >= 11 is 5.89. The molecular weight excluding hydrogens is 578 g/mol. The number of halogens is 1. The van der Waals surface area contributed by atoms with Gasteiger partial charge in [0.2, 0.25) is 15.9 Å². The van der Waals surface area contributed by atoms with Gasteiger partial charge in [-0.1, -0.05) is 17.7 Å². The molecule has 0 bridgehead atoms. The van der Waals surface area contributed by atoms with Crippen molar-refractivity contribution in [2.45, 2.75) is 24.3 Å². The molecule has 0 saturated heterocycles. The molecule has 0 unspecified atom stereocenters. The highest BCUT2D eigenvalue weighted by Crippen LogP contribution is 2.29. The van der Waals surface area contributed by atoms with Crippen molar-refractivity contribution < 1.29 is 36.8 Å². The van der Waals surface area contributed by atoms with Crippen LogP contribution in [0.2, 0.25) is 5.02 Å². The Bertz CT molecular complexity index is 1430. The molecule has 0 fully saturated rings. The number of nitro groups is 1. The molecule has 1 aromatic heterocycles. The molecule has 1 amide bonds. The lowest BCUT2D eigenvalue weighted by atomic mass is 10.1. The van der Waals surface area contributed by atoms with Gasteiger partial charge < -0.3 is 23.5 Å². The van der Waals surface area contributed by atoms with Crippen LogP contribution >= 0.6 is 11.6 Å². The number of rotatable bonds is 16. The lowest BCUT2D eigenvalue weighted by molar-refractivity contribution is -0.384. The third-order valence-corrected chi connectivity index (χ3v) is 8.38. The topological polar surface area (TPSA) is 142 Å². The first-order chi connectivity index (χ1) is 19.6. The zero-order valence-corrected chi connectivity index (χ0v) is 24.5. The summed E-state index contributed by atoms with van der Waals surface area (Å²) in [5.41, 5.74) is 0.322. The summed E-state index contributed by atoms with van der Waals surface area (Å²) in [6.45, 7) is 0.0407. The third-order valence-electron chi connectivity index (χ3n) is 6.22. The second-order valence-electron chi connectivity index (χ2n) is 8.89. The summed E-state index contributed by atoms with van der Waals surface area (Å²) in [5, 5.41) is 11.2. The van der Waals surface area contributed by atoms with Crippen LogP contribution in [0.4, 0.5) is 5.69 Å². The minimum Gasteiger partial charge on any atom is -0.493 e. The Morgan fingerprint density at radius 2 is 1.80 bits per heavy atom. The zero-order valence-electron chi connectivity index (χ0n) is 22.9. The Balaban J connectivity index is 1.88. The molecule has 3 aromatic rings. The number of nitro benzene ring substituents is 1. The number of furan rings is 1. The highest BCUT2D eigenvalue weighted by Gasteiger charge is 2.30.